The number of halogens is 1. The minimum Gasteiger partial charge on any atom is -0.492 e. The smallest absolute Gasteiger partial charge is 0.134 e. The zero-order valence-electron chi connectivity index (χ0n) is 8.37. The van der Waals surface area contributed by atoms with E-state index < -0.39 is 0 Å². The average molecular weight is 266 g/mol. The van der Waals surface area contributed by atoms with E-state index in [1.54, 1.807) is 0 Å². The predicted molar refractivity (Wildman–Crippen MR) is 63.7 cm³/mol. The minimum atomic E-state index is 0.791. The summed E-state index contributed by atoms with van der Waals surface area (Å²) in [5.74, 6) is 1.74. The van der Waals surface area contributed by atoms with Crippen molar-refractivity contribution in [2.45, 2.75) is 19.4 Å². The Hall–Kier alpha value is -0.830. The third-order valence-corrected chi connectivity index (χ3v) is 3.48. The Bertz CT molecular complexity index is 424. The quantitative estimate of drug-likeness (QED) is 0.823. The summed E-state index contributed by atoms with van der Waals surface area (Å²) in [4.78, 5) is 4.24. The number of hydrogen-bond acceptors (Lipinski definition) is 2. The van der Waals surface area contributed by atoms with Crippen molar-refractivity contribution in [3.63, 3.8) is 0 Å². The fraction of sp³-hybridized carbons (Fsp3) is 0.417. The van der Waals surface area contributed by atoms with Crippen LogP contribution in [0.25, 0.3) is 0 Å². The Kier molecular flexibility index (Phi) is 2.28. The van der Waals surface area contributed by atoms with Crippen molar-refractivity contribution < 1.29 is 4.74 Å². The van der Waals surface area contributed by atoms with Crippen molar-refractivity contribution in [1.29, 1.82) is 0 Å². The van der Waals surface area contributed by atoms with Crippen LogP contribution in [0.3, 0.4) is 0 Å². The largest absolute Gasteiger partial charge is 0.492 e. The lowest BCUT2D eigenvalue weighted by Crippen LogP contribution is -2.00. The first-order chi connectivity index (χ1) is 7.33. The summed E-state index contributed by atoms with van der Waals surface area (Å²) < 4.78 is 6.83. The Morgan fingerprint density at radius 2 is 2.27 bits per heavy atom. The van der Waals surface area contributed by atoms with Gasteiger partial charge in [-0.3, -0.25) is 4.99 Å². The van der Waals surface area contributed by atoms with Crippen molar-refractivity contribution >= 4 is 22.1 Å². The standard InChI is InChI=1S/C12H12BrNO/c13-11-3-9-5-14-6-10(9)4-12(11)15-7-8-1-2-8/h3-4,6,8H,1-2,5,7H2. The number of benzene rings is 1. The number of fused-ring (bicyclic) bond motifs is 1. The van der Waals surface area contributed by atoms with Gasteiger partial charge in [-0.25, -0.2) is 0 Å². The first kappa shape index (κ1) is 9.40. The molecule has 1 saturated carbocycles. The van der Waals surface area contributed by atoms with Crippen LogP contribution >= 0.6 is 15.9 Å². The molecule has 2 nitrogen and oxygen atoms in total. The summed E-state index contributed by atoms with van der Waals surface area (Å²) in [6.45, 7) is 1.66. The van der Waals surface area contributed by atoms with Gasteiger partial charge in [-0.1, -0.05) is 0 Å². The zero-order valence-corrected chi connectivity index (χ0v) is 9.96. The maximum Gasteiger partial charge on any atom is 0.134 e. The molecule has 0 atom stereocenters. The van der Waals surface area contributed by atoms with E-state index in [1.807, 2.05) is 6.21 Å². The molecule has 1 aliphatic heterocycles. The Balaban J connectivity index is 1.82. The molecular formula is C12H12BrNO. The summed E-state index contributed by atoms with van der Waals surface area (Å²) in [7, 11) is 0. The molecule has 0 amide bonds. The van der Waals surface area contributed by atoms with Gasteiger partial charge in [0, 0.05) is 11.8 Å². The average Bonchev–Trinajstić information content (AvgIpc) is 2.94. The molecule has 0 bridgehead atoms. The van der Waals surface area contributed by atoms with E-state index >= 15 is 0 Å². The Labute approximate surface area is 97.5 Å². The second-order valence-electron chi connectivity index (χ2n) is 4.21. The van der Waals surface area contributed by atoms with E-state index in [0.717, 1.165) is 29.3 Å². The van der Waals surface area contributed by atoms with Crippen molar-refractivity contribution in [3.05, 3.63) is 27.7 Å². The highest BCUT2D eigenvalue weighted by atomic mass is 79.9. The molecule has 0 radical (unpaired) electrons. The third kappa shape index (κ3) is 1.93. The SMILES string of the molecule is Brc1cc2c(cc1OCC1CC1)C=NC2. The van der Waals surface area contributed by atoms with Crippen molar-refractivity contribution in [3.8, 4) is 5.75 Å². The number of aliphatic imine (C=N–C) groups is 1. The molecule has 0 saturated heterocycles. The van der Waals surface area contributed by atoms with Gasteiger partial charge in [0.15, 0.2) is 0 Å². The monoisotopic (exact) mass is 265 g/mol. The molecular weight excluding hydrogens is 254 g/mol. The summed E-state index contributed by atoms with van der Waals surface area (Å²) in [5, 5.41) is 0. The van der Waals surface area contributed by atoms with Crippen LogP contribution in [0.2, 0.25) is 0 Å². The van der Waals surface area contributed by atoms with Gasteiger partial charge in [-0.05, 0) is 52.4 Å². The second kappa shape index (κ2) is 3.63. The molecule has 0 N–H and O–H groups in total. The molecule has 1 fully saturated rings. The van der Waals surface area contributed by atoms with Crippen LogP contribution in [0.5, 0.6) is 5.75 Å². The maximum atomic E-state index is 5.78. The number of hydrogen-bond donors (Lipinski definition) is 0. The lowest BCUT2D eigenvalue weighted by Gasteiger charge is -2.09. The van der Waals surface area contributed by atoms with Crippen LogP contribution in [0.1, 0.15) is 24.0 Å². The highest BCUT2D eigenvalue weighted by molar-refractivity contribution is 9.10. The van der Waals surface area contributed by atoms with Crippen LogP contribution in [0, 0.1) is 5.92 Å². The molecule has 1 aromatic carbocycles. The molecule has 1 aromatic rings. The maximum absolute atomic E-state index is 5.78. The van der Waals surface area contributed by atoms with E-state index in [-0.39, 0.29) is 0 Å². The molecule has 15 heavy (non-hydrogen) atoms. The molecule has 78 valence electrons. The molecule has 2 aliphatic rings. The van der Waals surface area contributed by atoms with Gasteiger partial charge in [-0.2, -0.15) is 0 Å². The predicted octanol–water partition coefficient (Wildman–Crippen LogP) is 3.17. The van der Waals surface area contributed by atoms with E-state index in [2.05, 4.69) is 33.1 Å². The summed E-state index contributed by atoms with van der Waals surface area (Å²) >= 11 is 3.54. The van der Waals surface area contributed by atoms with E-state index in [1.165, 1.54) is 24.0 Å². The van der Waals surface area contributed by atoms with Crippen LogP contribution in [-0.4, -0.2) is 12.8 Å². The highest BCUT2D eigenvalue weighted by Gasteiger charge is 2.22. The lowest BCUT2D eigenvalue weighted by atomic mass is 10.1. The fourth-order valence-corrected chi connectivity index (χ4v) is 2.22. The van der Waals surface area contributed by atoms with Gasteiger partial charge >= 0.3 is 0 Å². The molecule has 0 aromatic heterocycles. The highest BCUT2D eigenvalue weighted by Crippen LogP contribution is 2.34. The van der Waals surface area contributed by atoms with E-state index in [4.69, 9.17) is 4.74 Å². The molecule has 0 unspecified atom stereocenters. The first-order valence-corrected chi connectivity index (χ1v) is 6.07. The normalized spacial score (nSPS) is 17.9. The Morgan fingerprint density at radius 3 is 3.07 bits per heavy atom. The summed E-state index contributed by atoms with van der Waals surface area (Å²) in [5.41, 5.74) is 2.48. The van der Waals surface area contributed by atoms with Crippen LogP contribution in [-0.2, 0) is 6.54 Å². The minimum absolute atomic E-state index is 0.791. The molecule has 3 rings (SSSR count). The van der Waals surface area contributed by atoms with Crippen molar-refractivity contribution in [2.75, 3.05) is 6.61 Å². The van der Waals surface area contributed by atoms with E-state index in [0.29, 0.717) is 0 Å². The van der Waals surface area contributed by atoms with Gasteiger partial charge in [0.25, 0.3) is 0 Å². The van der Waals surface area contributed by atoms with Gasteiger partial charge < -0.3 is 4.74 Å². The first-order valence-electron chi connectivity index (χ1n) is 5.28. The van der Waals surface area contributed by atoms with E-state index in [9.17, 15) is 0 Å². The zero-order chi connectivity index (χ0) is 10.3. The fourth-order valence-electron chi connectivity index (χ4n) is 1.71. The second-order valence-corrected chi connectivity index (χ2v) is 5.06. The van der Waals surface area contributed by atoms with Gasteiger partial charge in [0.1, 0.15) is 5.75 Å². The van der Waals surface area contributed by atoms with Crippen LogP contribution in [0.4, 0.5) is 0 Å². The number of rotatable bonds is 3. The summed E-state index contributed by atoms with van der Waals surface area (Å²) in [6, 6.07) is 4.20. The van der Waals surface area contributed by atoms with Gasteiger partial charge in [-0.15, -0.1) is 0 Å². The van der Waals surface area contributed by atoms with Gasteiger partial charge in [0.05, 0.1) is 17.6 Å². The van der Waals surface area contributed by atoms with Crippen molar-refractivity contribution in [2.24, 2.45) is 10.9 Å². The number of nitrogens with zero attached hydrogens (tertiary/aromatic N) is 1. The summed E-state index contributed by atoms with van der Waals surface area (Å²) in [6.07, 6.45) is 4.57. The van der Waals surface area contributed by atoms with Crippen LogP contribution in [0.15, 0.2) is 21.6 Å². The molecule has 1 heterocycles. The Morgan fingerprint density at radius 1 is 1.40 bits per heavy atom. The molecule has 0 spiro atoms. The topological polar surface area (TPSA) is 21.6 Å². The molecule has 3 heteroatoms. The number of ether oxygens (including phenoxy) is 1. The van der Waals surface area contributed by atoms with Crippen LogP contribution < -0.4 is 4.74 Å². The third-order valence-electron chi connectivity index (χ3n) is 2.86. The van der Waals surface area contributed by atoms with Gasteiger partial charge in [0.2, 0.25) is 0 Å². The van der Waals surface area contributed by atoms with Crippen molar-refractivity contribution in [1.82, 2.24) is 0 Å². The lowest BCUT2D eigenvalue weighted by molar-refractivity contribution is 0.298. The molecule has 1 aliphatic carbocycles.